The van der Waals surface area contributed by atoms with E-state index >= 15 is 0 Å². The maximum atomic E-state index is 10.4. The number of aryl methyl sites for hydroxylation is 1. The molecule has 2 heterocycles. The van der Waals surface area contributed by atoms with Crippen molar-refractivity contribution in [2.24, 2.45) is 0 Å². The standard InChI is InChI=1S/C10H14OS2/c1-7-3-4-12-9(7)10(11)5-8(2)13-6-10/h3-4,8,11H,5-6H2,1-2H3. The van der Waals surface area contributed by atoms with Crippen molar-refractivity contribution in [1.82, 2.24) is 0 Å². The molecule has 0 amide bonds. The van der Waals surface area contributed by atoms with E-state index in [1.807, 2.05) is 11.8 Å². The van der Waals surface area contributed by atoms with Gasteiger partial charge in [0.05, 0.1) is 0 Å². The molecule has 0 aromatic carbocycles. The van der Waals surface area contributed by atoms with Crippen molar-refractivity contribution in [2.45, 2.75) is 31.1 Å². The molecule has 1 saturated heterocycles. The molecule has 0 spiro atoms. The van der Waals surface area contributed by atoms with Crippen LogP contribution in [-0.2, 0) is 5.60 Å². The highest BCUT2D eigenvalue weighted by atomic mass is 32.2. The molecule has 0 bridgehead atoms. The van der Waals surface area contributed by atoms with E-state index in [4.69, 9.17) is 0 Å². The molecule has 72 valence electrons. The summed E-state index contributed by atoms with van der Waals surface area (Å²) in [5.41, 5.74) is 0.699. The second-order valence-electron chi connectivity index (χ2n) is 3.79. The van der Waals surface area contributed by atoms with Crippen molar-refractivity contribution < 1.29 is 5.11 Å². The number of thioether (sulfide) groups is 1. The summed E-state index contributed by atoms with van der Waals surface area (Å²) in [7, 11) is 0. The van der Waals surface area contributed by atoms with Crippen LogP contribution in [0.5, 0.6) is 0 Å². The van der Waals surface area contributed by atoms with Gasteiger partial charge < -0.3 is 5.11 Å². The van der Waals surface area contributed by atoms with Crippen LogP contribution in [0.1, 0.15) is 23.8 Å². The van der Waals surface area contributed by atoms with Gasteiger partial charge in [-0.2, -0.15) is 11.8 Å². The molecular weight excluding hydrogens is 200 g/mol. The fourth-order valence-electron chi connectivity index (χ4n) is 1.88. The van der Waals surface area contributed by atoms with E-state index in [1.165, 1.54) is 10.4 Å². The van der Waals surface area contributed by atoms with Crippen LogP contribution in [0.15, 0.2) is 11.4 Å². The largest absolute Gasteiger partial charge is 0.383 e. The maximum Gasteiger partial charge on any atom is 0.109 e. The number of aliphatic hydroxyl groups is 1. The quantitative estimate of drug-likeness (QED) is 0.775. The number of hydrogen-bond acceptors (Lipinski definition) is 3. The van der Waals surface area contributed by atoms with E-state index < -0.39 is 5.60 Å². The van der Waals surface area contributed by atoms with Gasteiger partial charge in [-0.3, -0.25) is 0 Å². The zero-order valence-corrected chi connectivity index (χ0v) is 9.54. The molecule has 3 heteroatoms. The fraction of sp³-hybridized carbons (Fsp3) is 0.600. The van der Waals surface area contributed by atoms with Gasteiger partial charge in [0.15, 0.2) is 0 Å². The van der Waals surface area contributed by atoms with Gasteiger partial charge >= 0.3 is 0 Å². The fourth-order valence-corrected chi connectivity index (χ4v) is 4.23. The molecule has 1 aromatic rings. The highest BCUT2D eigenvalue weighted by Gasteiger charge is 2.39. The lowest BCUT2D eigenvalue weighted by atomic mass is 9.96. The Balaban J connectivity index is 2.30. The first kappa shape index (κ1) is 9.56. The van der Waals surface area contributed by atoms with Crippen LogP contribution in [-0.4, -0.2) is 16.1 Å². The first-order valence-electron chi connectivity index (χ1n) is 4.50. The number of thiophene rings is 1. The molecule has 1 aliphatic heterocycles. The van der Waals surface area contributed by atoms with Gasteiger partial charge in [0.25, 0.3) is 0 Å². The number of rotatable bonds is 1. The van der Waals surface area contributed by atoms with Gasteiger partial charge in [-0.25, -0.2) is 0 Å². The van der Waals surface area contributed by atoms with E-state index in [0.717, 1.165) is 12.2 Å². The van der Waals surface area contributed by atoms with Crippen molar-refractivity contribution in [3.05, 3.63) is 21.9 Å². The smallest absolute Gasteiger partial charge is 0.109 e. The molecule has 1 aromatic heterocycles. The molecule has 2 unspecified atom stereocenters. The Hall–Kier alpha value is 0.01000. The minimum absolute atomic E-state index is 0.539. The highest BCUT2D eigenvalue weighted by molar-refractivity contribution is 8.00. The van der Waals surface area contributed by atoms with Crippen LogP contribution in [0.25, 0.3) is 0 Å². The average molecular weight is 214 g/mol. The summed E-state index contributed by atoms with van der Waals surface area (Å²) in [4.78, 5) is 1.17. The van der Waals surface area contributed by atoms with Crippen molar-refractivity contribution in [2.75, 3.05) is 5.75 Å². The van der Waals surface area contributed by atoms with Crippen LogP contribution >= 0.6 is 23.1 Å². The molecule has 1 aliphatic rings. The van der Waals surface area contributed by atoms with Gasteiger partial charge in [-0.05, 0) is 30.4 Å². The predicted octanol–water partition coefficient (Wildman–Crippen LogP) is 2.77. The molecular formula is C10H14OS2. The summed E-state index contributed by atoms with van der Waals surface area (Å²) in [5, 5.41) is 13.0. The predicted molar refractivity (Wildman–Crippen MR) is 59.5 cm³/mol. The Labute approximate surface area is 87.2 Å². The Morgan fingerprint density at radius 2 is 2.38 bits per heavy atom. The van der Waals surface area contributed by atoms with Gasteiger partial charge in [-0.1, -0.05) is 6.92 Å². The van der Waals surface area contributed by atoms with Crippen molar-refractivity contribution in [3.8, 4) is 0 Å². The molecule has 0 aliphatic carbocycles. The first-order valence-corrected chi connectivity index (χ1v) is 6.43. The van der Waals surface area contributed by atoms with Crippen LogP contribution in [0.2, 0.25) is 0 Å². The van der Waals surface area contributed by atoms with Crippen molar-refractivity contribution in [1.29, 1.82) is 0 Å². The summed E-state index contributed by atoms with van der Waals surface area (Å²) in [6.45, 7) is 4.27. The van der Waals surface area contributed by atoms with Gasteiger partial charge in [0.2, 0.25) is 0 Å². The van der Waals surface area contributed by atoms with E-state index in [9.17, 15) is 5.11 Å². The zero-order chi connectivity index (χ0) is 9.47. The Morgan fingerprint density at radius 1 is 1.62 bits per heavy atom. The normalized spacial score (nSPS) is 33.9. The third-order valence-electron chi connectivity index (χ3n) is 2.52. The monoisotopic (exact) mass is 214 g/mol. The second-order valence-corrected chi connectivity index (χ2v) is 6.13. The topological polar surface area (TPSA) is 20.2 Å². The second kappa shape index (κ2) is 3.30. The first-order chi connectivity index (χ1) is 6.12. The Bertz CT molecular complexity index is 308. The number of hydrogen-bond donors (Lipinski definition) is 1. The lowest BCUT2D eigenvalue weighted by molar-refractivity contribution is 0.0645. The summed E-state index contributed by atoms with van der Waals surface area (Å²) in [6, 6.07) is 2.09. The minimum atomic E-state index is -0.539. The highest BCUT2D eigenvalue weighted by Crippen LogP contribution is 2.44. The third kappa shape index (κ3) is 1.65. The van der Waals surface area contributed by atoms with Crippen molar-refractivity contribution in [3.63, 3.8) is 0 Å². The maximum absolute atomic E-state index is 10.4. The summed E-state index contributed by atoms with van der Waals surface area (Å²) in [5.74, 6) is 0.857. The third-order valence-corrected chi connectivity index (χ3v) is 5.11. The molecule has 1 nitrogen and oxygen atoms in total. The molecule has 0 saturated carbocycles. The molecule has 0 radical (unpaired) electrons. The lowest BCUT2D eigenvalue weighted by Gasteiger charge is -2.21. The SMILES string of the molecule is Cc1ccsc1C1(O)CSC(C)C1. The van der Waals surface area contributed by atoms with Crippen LogP contribution < -0.4 is 0 Å². The van der Waals surface area contributed by atoms with E-state index in [-0.39, 0.29) is 0 Å². The average Bonchev–Trinajstić information content (AvgIpc) is 2.59. The minimum Gasteiger partial charge on any atom is -0.383 e. The van der Waals surface area contributed by atoms with Crippen LogP contribution in [0, 0.1) is 6.92 Å². The molecule has 13 heavy (non-hydrogen) atoms. The molecule has 2 rings (SSSR count). The molecule has 1 N–H and O–H groups in total. The molecule has 1 fully saturated rings. The van der Waals surface area contributed by atoms with Gasteiger partial charge in [0, 0.05) is 15.9 Å². The van der Waals surface area contributed by atoms with Gasteiger partial charge in [0.1, 0.15) is 5.60 Å². The van der Waals surface area contributed by atoms with E-state index in [2.05, 4.69) is 25.3 Å². The lowest BCUT2D eigenvalue weighted by Crippen LogP contribution is -2.24. The zero-order valence-electron chi connectivity index (χ0n) is 7.91. The Morgan fingerprint density at radius 3 is 2.85 bits per heavy atom. The van der Waals surface area contributed by atoms with E-state index in [0.29, 0.717) is 5.25 Å². The van der Waals surface area contributed by atoms with Crippen LogP contribution in [0.4, 0.5) is 0 Å². The Kier molecular flexibility index (Phi) is 2.43. The summed E-state index contributed by atoms with van der Waals surface area (Å²) in [6.07, 6.45) is 0.902. The molecule has 2 atom stereocenters. The summed E-state index contributed by atoms with van der Waals surface area (Å²) < 4.78 is 0. The van der Waals surface area contributed by atoms with Crippen molar-refractivity contribution >= 4 is 23.1 Å². The van der Waals surface area contributed by atoms with E-state index in [1.54, 1.807) is 11.3 Å². The van der Waals surface area contributed by atoms with Gasteiger partial charge in [-0.15, -0.1) is 11.3 Å². The summed E-state index contributed by atoms with van der Waals surface area (Å²) >= 11 is 3.55. The van der Waals surface area contributed by atoms with Crippen LogP contribution in [0.3, 0.4) is 0 Å².